The van der Waals surface area contributed by atoms with Crippen LogP contribution in [0.3, 0.4) is 0 Å². The van der Waals surface area contributed by atoms with Crippen molar-refractivity contribution in [3.05, 3.63) is 0 Å². The van der Waals surface area contributed by atoms with Gasteiger partial charge in [-0.25, -0.2) is 0 Å². The predicted octanol–water partition coefficient (Wildman–Crippen LogP) is -0.0310. The third-order valence-electron chi connectivity index (χ3n) is 3.34. The summed E-state index contributed by atoms with van der Waals surface area (Å²) in [6.45, 7) is 3.38. The van der Waals surface area contributed by atoms with Gasteiger partial charge in [0.1, 0.15) is 0 Å². The minimum Gasteiger partial charge on any atom is -0.359 e. The van der Waals surface area contributed by atoms with Gasteiger partial charge in [-0.1, -0.05) is 0 Å². The van der Waals surface area contributed by atoms with Crippen LogP contribution in [-0.4, -0.2) is 49.9 Å². The van der Waals surface area contributed by atoms with Gasteiger partial charge in [0.2, 0.25) is 11.8 Å². The highest BCUT2D eigenvalue weighted by Crippen LogP contribution is 2.16. The van der Waals surface area contributed by atoms with Crippen molar-refractivity contribution in [1.82, 2.24) is 15.5 Å². The molecule has 1 rings (SSSR count). The van der Waals surface area contributed by atoms with Crippen LogP contribution in [0.15, 0.2) is 0 Å². The summed E-state index contributed by atoms with van der Waals surface area (Å²) in [5.41, 5.74) is 0. The van der Waals surface area contributed by atoms with E-state index in [-0.39, 0.29) is 17.7 Å². The fourth-order valence-corrected chi connectivity index (χ4v) is 2.03. The van der Waals surface area contributed by atoms with E-state index in [1.165, 1.54) is 0 Å². The average molecular weight is 241 g/mol. The van der Waals surface area contributed by atoms with E-state index in [1.807, 2.05) is 0 Å². The third-order valence-corrected chi connectivity index (χ3v) is 3.34. The molecular formula is C12H23N3O2. The van der Waals surface area contributed by atoms with Crippen LogP contribution < -0.4 is 10.6 Å². The van der Waals surface area contributed by atoms with Gasteiger partial charge in [0.25, 0.3) is 0 Å². The zero-order valence-electron chi connectivity index (χ0n) is 11.0. The van der Waals surface area contributed by atoms with Crippen LogP contribution in [0.5, 0.6) is 0 Å². The second-order valence-corrected chi connectivity index (χ2v) is 4.77. The first-order valence-corrected chi connectivity index (χ1v) is 6.23. The van der Waals surface area contributed by atoms with Crippen LogP contribution in [0, 0.1) is 5.92 Å². The molecule has 2 N–H and O–H groups in total. The fraction of sp³-hybridized carbons (Fsp3) is 0.833. The molecule has 1 aliphatic rings. The first-order valence-electron chi connectivity index (χ1n) is 6.23. The fourth-order valence-electron chi connectivity index (χ4n) is 2.03. The Bertz CT molecular complexity index is 273. The summed E-state index contributed by atoms with van der Waals surface area (Å²) in [4.78, 5) is 24.8. The van der Waals surface area contributed by atoms with Crippen LogP contribution in [-0.2, 0) is 9.59 Å². The second kappa shape index (κ2) is 6.59. The monoisotopic (exact) mass is 241 g/mol. The van der Waals surface area contributed by atoms with Gasteiger partial charge in [-0.3, -0.25) is 9.59 Å². The largest absolute Gasteiger partial charge is 0.359 e. The topological polar surface area (TPSA) is 61.4 Å². The lowest BCUT2D eigenvalue weighted by molar-refractivity contribution is -0.135. The third kappa shape index (κ3) is 4.34. The van der Waals surface area contributed by atoms with E-state index in [0.717, 1.165) is 19.4 Å². The molecule has 0 spiro atoms. The molecule has 0 aromatic carbocycles. The number of carbonyl (C=O) groups excluding carboxylic acids is 2. The molecule has 0 saturated carbocycles. The molecule has 0 aliphatic carbocycles. The molecule has 0 aromatic rings. The normalized spacial score (nSPS) is 24.2. The molecule has 0 radical (unpaired) electrons. The second-order valence-electron chi connectivity index (χ2n) is 4.77. The Balaban J connectivity index is 2.33. The zero-order valence-corrected chi connectivity index (χ0v) is 11.0. The molecule has 98 valence electrons. The first kappa shape index (κ1) is 14.0. The lowest BCUT2D eigenvalue weighted by Gasteiger charge is -2.29. The average Bonchev–Trinajstić information content (AvgIpc) is 2.35. The Morgan fingerprint density at radius 1 is 1.41 bits per heavy atom. The molecule has 1 saturated heterocycles. The summed E-state index contributed by atoms with van der Waals surface area (Å²) in [5.74, 6) is 0.189. The maximum atomic E-state index is 12.1. The van der Waals surface area contributed by atoms with Crippen molar-refractivity contribution >= 4 is 11.8 Å². The highest BCUT2D eigenvalue weighted by Gasteiger charge is 2.26. The van der Waals surface area contributed by atoms with Gasteiger partial charge in [-0.05, 0) is 19.8 Å². The van der Waals surface area contributed by atoms with E-state index >= 15 is 0 Å². The highest BCUT2D eigenvalue weighted by molar-refractivity contribution is 5.80. The Labute approximate surface area is 103 Å². The predicted molar refractivity (Wildman–Crippen MR) is 66.5 cm³/mol. The van der Waals surface area contributed by atoms with Crippen LogP contribution in [0.2, 0.25) is 0 Å². The minimum atomic E-state index is -0.0277. The van der Waals surface area contributed by atoms with E-state index in [9.17, 15) is 9.59 Å². The summed E-state index contributed by atoms with van der Waals surface area (Å²) >= 11 is 0. The van der Waals surface area contributed by atoms with E-state index in [4.69, 9.17) is 0 Å². The van der Waals surface area contributed by atoms with Crippen molar-refractivity contribution in [1.29, 1.82) is 0 Å². The molecule has 1 aliphatic heterocycles. The van der Waals surface area contributed by atoms with Crippen LogP contribution in [0.4, 0.5) is 0 Å². The van der Waals surface area contributed by atoms with Crippen molar-refractivity contribution in [3.63, 3.8) is 0 Å². The molecule has 5 heteroatoms. The maximum absolute atomic E-state index is 12.1. The smallest absolute Gasteiger partial charge is 0.226 e. The van der Waals surface area contributed by atoms with E-state index in [2.05, 4.69) is 17.6 Å². The van der Waals surface area contributed by atoms with Crippen molar-refractivity contribution in [2.75, 3.05) is 27.2 Å². The number of amides is 2. The summed E-state index contributed by atoms with van der Waals surface area (Å²) in [7, 11) is 3.37. The van der Waals surface area contributed by atoms with Crippen molar-refractivity contribution in [2.45, 2.75) is 32.2 Å². The van der Waals surface area contributed by atoms with Crippen molar-refractivity contribution < 1.29 is 9.59 Å². The number of nitrogens with zero attached hydrogens (tertiary/aromatic N) is 1. The minimum absolute atomic E-state index is 0.0277. The number of carbonyl (C=O) groups is 2. The highest BCUT2D eigenvalue weighted by atomic mass is 16.2. The van der Waals surface area contributed by atoms with Crippen LogP contribution in [0.1, 0.15) is 26.2 Å². The molecule has 0 bridgehead atoms. The summed E-state index contributed by atoms with van der Waals surface area (Å²) in [6, 6.07) is 0.509. The Kier molecular flexibility index (Phi) is 5.41. The molecule has 2 atom stereocenters. The van der Waals surface area contributed by atoms with E-state index in [0.29, 0.717) is 19.0 Å². The molecule has 1 heterocycles. The standard InChI is InChI=1S/C12H23N3O2/c1-9-4-5-10(8-14-9)12(17)15(3)7-6-11(16)13-2/h9-10,14H,4-8H2,1-3H3,(H,13,16). The lowest BCUT2D eigenvalue weighted by Crippen LogP contribution is -2.45. The van der Waals surface area contributed by atoms with Gasteiger partial charge in [0.05, 0.1) is 5.92 Å². The summed E-state index contributed by atoms with van der Waals surface area (Å²) in [6.07, 6.45) is 2.35. The SMILES string of the molecule is CNC(=O)CCN(C)C(=O)C1CCC(C)NC1. The van der Waals surface area contributed by atoms with Gasteiger partial charge >= 0.3 is 0 Å². The molecule has 2 unspecified atom stereocenters. The number of piperidine rings is 1. The quantitative estimate of drug-likeness (QED) is 0.726. The molecule has 1 fully saturated rings. The number of nitrogens with one attached hydrogen (secondary N) is 2. The molecular weight excluding hydrogens is 218 g/mol. The maximum Gasteiger partial charge on any atom is 0.226 e. The van der Waals surface area contributed by atoms with Crippen molar-refractivity contribution in [3.8, 4) is 0 Å². The van der Waals surface area contributed by atoms with Gasteiger partial charge in [0.15, 0.2) is 0 Å². The Morgan fingerprint density at radius 2 is 2.12 bits per heavy atom. The summed E-state index contributed by atoms with van der Waals surface area (Å²) < 4.78 is 0. The van der Waals surface area contributed by atoms with Crippen LogP contribution >= 0.6 is 0 Å². The van der Waals surface area contributed by atoms with Gasteiger partial charge < -0.3 is 15.5 Å². The van der Waals surface area contributed by atoms with Gasteiger partial charge in [0, 0.05) is 39.6 Å². The molecule has 17 heavy (non-hydrogen) atoms. The Morgan fingerprint density at radius 3 is 2.65 bits per heavy atom. The molecule has 0 aromatic heterocycles. The molecule has 2 amide bonds. The zero-order chi connectivity index (χ0) is 12.8. The number of rotatable bonds is 4. The van der Waals surface area contributed by atoms with Gasteiger partial charge in [-0.2, -0.15) is 0 Å². The first-order chi connectivity index (χ1) is 8.04. The van der Waals surface area contributed by atoms with E-state index in [1.54, 1.807) is 19.0 Å². The summed E-state index contributed by atoms with van der Waals surface area (Å²) in [5, 5.41) is 5.87. The van der Waals surface area contributed by atoms with Crippen LogP contribution in [0.25, 0.3) is 0 Å². The molecule has 5 nitrogen and oxygen atoms in total. The number of hydrogen-bond acceptors (Lipinski definition) is 3. The van der Waals surface area contributed by atoms with E-state index < -0.39 is 0 Å². The number of hydrogen-bond donors (Lipinski definition) is 2. The van der Waals surface area contributed by atoms with Gasteiger partial charge in [-0.15, -0.1) is 0 Å². The van der Waals surface area contributed by atoms with Crippen molar-refractivity contribution in [2.24, 2.45) is 5.92 Å². The lowest BCUT2D eigenvalue weighted by atomic mass is 9.94. The Hall–Kier alpha value is -1.10.